The summed E-state index contributed by atoms with van der Waals surface area (Å²) < 4.78 is 11.0. The van der Waals surface area contributed by atoms with Crippen LogP contribution in [0.4, 0.5) is 10.7 Å². The number of hydrogen-bond donors (Lipinski definition) is 3. The van der Waals surface area contributed by atoms with Crippen LogP contribution in [-0.2, 0) is 9.59 Å². The van der Waals surface area contributed by atoms with Crippen molar-refractivity contribution in [2.75, 3.05) is 43.5 Å². The maximum Gasteiger partial charge on any atom is 0.251 e. The highest BCUT2D eigenvalue weighted by Crippen LogP contribution is 2.32. The molecule has 0 bridgehead atoms. The van der Waals surface area contributed by atoms with Crippen molar-refractivity contribution in [3.05, 3.63) is 35.2 Å². The van der Waals surface area contributed by atoms with Gasteiger partial charge < -0.3 is 25.8 Å². The van der Waals surface area contributed by atoms with Crippen molar-refractivity contribution in [3.63, 3.8) is 0 Å². The predicted octanol–water partition coefficient (Wildman–Crippen LogP) is 1.52. The summed E-state index contributed by atoms with van der Waals surface area (Å²) in [6.07, 6.45) is 0. The standard InChI is InChI=1S/C19H22N4O5S/c1-2-23(11-17(25)22-19-13(18(20)26)5-8-29-19)10-16(24)21-12-3-4-14-15(9-12)28-7-6-27-14/h3-5,8-9H,2,6-7,10-11H2,1H3,(H2,20,26)(H,21,24)(H,22,25). The molecule has 0 spiro atoms. The summed E-state index contributed by atoms with van der Waals surface area (Å²) in [4.78, 5) is 37.7. The summed E-state index contributed by atoms with van der Waals surface area (Å²) >= 11 is 1.22. The summed E-state index contributed by atoms with van der Waals surface area (Å²) in [6.45, 7) is 3.34. The molecule has 2 aromatic rings. The topological polar surface area (TPSA) is 123 Å². The summed E-state index contributed by atoms with van der Waals surface area (Å²) in [5, 5.41) is 7.54. The van der Waals surface area contributed by atoms with Crippen LogP contribution in [0.5, 0.6) is 11.5 Å². The lowest BCUT2D eigenvalue weighted by molar-refractivity contribution is -0.119. The summed E-state index contributed by atoms with van der Waals surface area (Å²) in [6, 6.07) is 6.74. The SMILES string of the molecule is CCN(CC(=O)Nc1ccc2c(c1)OCCO2)CC(=O)Nc1sccc1C(N)=O. The molecule has 0 saturated heterocycles. The quantitative estimate of drug-likeness (QED) is 0.597. The van der Waals surface area contributed by atoms with Gasteiger partial charge in [0.1, 0.15) is 18.2 Å². The van der Waals surface area contributed by atoms with E-state index in [2.05, 4.69) is 10.6 Å². The first-order valence-electron chi connectivity index (χ1n) is 9.05. The monoisotopic (exact) mass is 418 g/mol. The first-order valence-corrected chi connectivity index (χ1v) is 9.93. The normalized spacial score (nSPS) is 12.5. The third kappa shape index (κ3) is 5.46. The molecule has 0 atom stereocenters. The molecule has 10 heteroatoms. The Labute approximate surface area is 171 Å². The number of nitrogens with two attached hydrogens (primary N) is 1. The minimum absolute atomic E-state index is 0.00115. The van der Waals surface area contributed by atoms with E-state index in [1.54, 1.807) is 34.5 Å². The first kappa shape index (κ1) is 20.6. The molecule has 1 aromatic heterocycles. The van der Waals surface area contributed by atoms with E-state index in [0.29, 0.717) is 41.9 Å². The fraction of sp³-hybridized carbons (Fsp3) is 0.316. The number of nitrogens with zero attached hydrogens (tertiary/aromatic N) is 1. The van der Waals surface area contributed by atoms with Gasteiger partial charge in [-0.2, -0.15) is 0 Å². The number of carbonyl (C=O) groups is 3. The van der Waals surface area contributed by atoms with E-state index in [4.69, 9.17) is 15.2 Å². The van der Waals surface area contributed by atoms with Crippen molar-refractivity contribution in [3.8, 4) is 11.5 Å². The molecule has 9 nitrogen and oxygen atoms in total. The van der Waals surface area contributed by atoms with Gasteiger partial charge in [0, 0.05) is 11.8 Å². The van der Waals surface area contributed by atoms with Crippen molar-refractivity contribution >= 4 is 39.7 Å². The highest BCUT2D eigenvalue weighted by atomic mass is 32.1. The van der Waals surface area contributed by atoms with E-state index in [9.17, 15) is 14.4 Å². The Kier molecular flexibility index (Phi) is 6.68. The molecule has 4 N–H and O–H groups in total. The summed E-state index contributed by atoms with van der Waals surface area (Å²) in [7, 11) is 0. The smallest absolute Gasteiger partial charge is 0.251 e. The van der Waals surface area contributed by atoms with Crippen LogP contribution in [0.25, 0.3) is 0 Å². The third-order valence-corrected chi connectivity index (χ3v) is 5.02. The molecule has 0 aliphatic carbocycles. The van der Waals surface area contributed by atoms with Crippen molar-refractivity contribution in [2.45, 2.75) is 6.92 Å². The van der Waals surface area contributed by atoms with Crippen molar-refractivity contribution in [1.82, 2.24) is 4.90 Å². The van der Waals surface area contributed by atoms with Gasteiger partial charge in [-0.05, 0) is 30.1 Å². The van der Waals surface area contributed by atoms with Crippen LogP contribution < -0.4 is 25.8 Å². The lowest BCUT2D eigenvalue weighted by Gasteiger charge is -2.21. The Bertz CT molecular complexity index is 914. The van der Waals surface area contributed by atoms with Crippen LogP contribution in [0.2, 0.25) is 0 Å². The van der Waals surface area contributed by atoms with E-state index < -0.39 is 5.91 Å². The molecule has 3 amide bonds. The zero-order valence-electron chi connectivity index (χ0n) is 15.9. The Balaban J connectivity index is 1.53. The van der Waals surface area contributed by atoms with Gasteiger partial charge in [0.2, 0.25) is 11.8 Å². The van der Waals surface area contributed by atoms with Gasteiger partial charge in [0.15, 0.2) is 11.5 Å². The van der Waals surface area contributed by atoms with Crippen LogP contribution in [0.15, 0.2) is 29.6 Å². The number of anilines is 2. The molecule has 3 rings (SSSR count). The average molecular weight is 418 g/mol. The number of ether oxygens (including phenoxy) is 2. The number of rotatable bonds is 8. The molecule has 1 aromatic carbocycles. The van der Waals surface area contributed by atoms with Gasteiger partial charge >= 0.3 is 0 Å². The zero-order valence-corrected chi connectivity index (χ0v) is 16.7. The molecule has 29 heavy (non-hydrogen) atoms. The van der Waals surface area contributed by atoms with Crippen LogP contribution in [0.1, 0.15) is 17.3 Å². The largest absolute Gasteiger partial charge is 0.486 e. The second kappa shape index (κ2) is 9.39. The lowest BCUT2D eigenvalue weighted by atomic mass is 10.2. The number of fused-ring (bicyclic) bond motifs is 1. The minimum atomic E-state index is -0.604. The van der Waals surface area contributed by atoms with Crippen LogP contribution in [0, 0.1) is 0 Å². The summed E-state index contributed by atoms with van der Waals surface area (Å²) in [5.41, 5.74) is 6.13. The number of amides is 3. The molecule has 0 radical (unpaired) electrons. The number of primary amides is 1. The number of likely N-dealkylation sites (N-methyl/N-ethyl adjacent to an activating group) is 1. The van der Waals surface area contributed by atoms with E-state index in [1.165, 1.54) is 11.3 Å². The molecule has 0 saturated carbocycles. The van der Waals surface area contributed by atoms with Gasteiger partial charge in [0.25, 0.3) is 5.91 Å². The lowest BCUT2D eigenvalue weighted by Crippen LogP contribution is -2.38. The highest BCUT2D eigenvalue weighted by Gasteiger charge is 2.17. The Morgan fingerprint density at radius 2 is 1.76 bits per heavy atom. The molecule has 1 aliphatic heterocycles. The second-order valence-electron chi connectivity index (χ2n) is 6.29. The fourth-order valence-electron chi connectivity index (χ4n) is 2.77. The summed E-state index contributed by atoms with van der Waals surface area (Å²) in [5.74, 6) is 0.0360. The van der Waals surface area contributed by atoms with E-state index in [1.807, 2.05) is 6.92 Å². The minimum Gasteiger partial charge on any atom is -0.486 e. The number of carbonyl (C=O) groups excluding carboxylic acids is 3. The van der Waals surface area contributed by atoms with Crippen molar-refractivity contribution in [1.29, 1.82) is 0 Å². The van der Waals surface area contributed by atoms with Gasteiger partial charge in [0.05, 0.1) is 18.7 Å². The molecule has 0 unspecified atom stereocenters. The fourth-order valence-corrected chi connectivity index (χ4v) is 3.58. The van der Waals surface area contributed by atoms with Crippen molar-refractivity contribution in [2.24, 2.45) is 5.73 Å². The van der Waals surface area contributed by atoms with E-state index in [0.717, 1.165) is 0 Å². The third-order valence-electron chi connectivity index (χ3n) is 4.19. The van der Waals surface area contributed by atoms with Crippen LogP contribution >= 0.6 is 11.3 Å². The van der Waals surface area contributed by atoms with E-state index >= 15 is 0 Å². The second-order valence-corrected chi connectivity index (χ2v) is 7.20. The first-order chi connectivity index (χ1) is 14.0. The van der Waals surface area contributed by atoms with Gasteiger partial charge in [-0.3, -0.25) is 19.3 Å². The maximum atomic E-state index is 12.4. The Hall–Kier alpha value is -3.11. The Morgan fingerprint density at radius 3 is 2.45 bits per heavy atom. The van der Waals surface area contributed by atoms with Crippen LogP contribution in [-0.4, -0.2) is 55.5 Å². The maximum absolute atomic E-state index is 12.4. The molecule has 154 valence electrons. The number of nitrogens with one attached hydrogen (secondary N) is 2. The molecular formula is C19H22N4O5S. The molecule has 2 heterocycles. The van der Waals surface area contributed by atoms with E-state index in [-0.39, 0.29) is 30.5 Å². The van der Waals surface area contributed by atoms with Crippen LogP contribution in [0.3, 0.4) is 0 Å². The highest BCUT2D eigenvalue weighted by molar-refractivity contribution is 7.14. The zero-order chi connectivity index (χ0) is 20.8. The van der Waals surface area contributed by atoms with Gasteiger partial charge in [-0.15, -0.1) is 11.3 Å². The molecule has 0 fully saturated rings. The molecule has 1 aliphatic rings. The number of hydrogen-bond acceptors (Lipinski definition) is 7. The number of thiophene rings is 1. The number of benzene rings is 1. The molecular weight excluding hydrogens is 396 g/mol. The van der Waals surface area contributed by atoms with Gasteiger partial charge in [-0.1, -0.05) is 6.92 Å². The average Bonchev–Trinajstić information content (AvgIpc) is 3.15. The Morgan fingerprint density at radius 1 is 1.07 bits per heavy atom. The predicted molar refractivity (Wildman–Crippen MR) is 110 cm³/mol. The van der Waals surface area contributed by atoms with Gasteiger partial charge in [-0.25, -0.2) is 0 Å². The van der Waals surface area contributed by atoms with Crippen molar-refractivity contribution < 1.29 is 23.9 Å².